The smallest absolute Gasteiger partial charge is 0.410 e. The number of carbonyl (C=O) groups is 3. The topological polar surface area (TPSA) is 91.0 Å². The molecule has 0 spiro atoms. The summed E-state index contributed by atoms with van der Waals surface area (Å²) in [4.78, 5) is 42.2. The van der Waals surface area contributed by atoms with E-state index in [2.05, 4.69) is 26.6 Å². The third-order valence-electron chi connectivity index (χ3n) is 6.92. The SMILES string of the molecule is Cc1ccc(F)c(N2CCCC(NC(=O)C(=O)NC3CC(c4ccc(Br)cc4)N(C(=O)OC(C)(C)C)C3)C2)c1. The molecule has 2 N–H and O–H groups in total. The molecule has 2 aromatic rings. The van der Waals surface area contributed by atoms with Crippen LogP contribution in [0, 0.1) is 12.7 Å². The number of amides is 3. The monoisotopic (exact) mass is 602 g/mol. The molecule has 2 aliphatic heterocycles. The van der Waals surface area contributed by atoms with Crippen LogP contribution in [0.4, 0.5) is 14.9 Å². The number of hydrogen-bond donors (Lipinski definition) is 2. The quantitative estimate of drug-likeness (QED) is 0.488. The molecule has 0 aliphatic carbocycles. The maximum atomic E-state index is 14.4. The van der Waals surface area contributed by atoms with Gasteiger partial charge < -0.3 is 20.3 Å². The molecule has 39 heavy (non-hydrogen) atoms. The highest BCUT2D eigenvalue weighted by Crippen LogP contribution is 2.34. The number of benzene rings is 2. The molecule has 210 valence electrons. The molecule has 3 unspecified atom stereocenters. The maximum Gasteiger partial charge on any atom is 0.410 e. The first-order valence-corrected chi connectivity index (χ1v) is 14.1. The number of anilines is 1. The van der Waals surface area contributed by atoms with E-state index in [1.807, 2.05) is 36.1 Å². The van der Waals surface area contributed by atoms with Crippen LogP contribution < -0.4 is 15.5 Å². The second-order valence-corrected chi connectivity index (χ2v) is 12.2. The van der Waals surface area contributed by atoms with Gasteiger partial charge in [0.05, 0.1) is 11.7 Å². The fraction of sp³-hybridized carbons (Fsp3) is 0.483. The van der Waals surface area contributed by atoms with Gasteiger partial charge in [0.1, 0.15) is 11.4 Å². The molecule has 8 nitrogen and oxygen atoms in total. The predicted octanol–water partition coefficient (Wildman–Crippen LogP) is 4.85. The standard InChI is InChI=1S/C29H36BrFN4O4/c1-18-7-12-23(31)25(14-18)34-13-5-6-21(16-34)32-26(36)27(37)33-22-15-24(19-8-10-20(30)11-9-19)35(17-22)28(38)39-29(2,3)4/h7-12,14,21-22,24H,5-6,13,15-17H2,1-4H3,(H,32,36)(H,33,37). The molecule has 0 radical (unpaired) electrons. The third kappa shape index (κ3) is 7.50. The minimum atomic E-state index is -0.751. The largest absolute Gasteiger partial charge is 0.444 e. The number of piperidine rings is 1. The van der Waals surface area contributed by atoms with Crippen LogP contribution in [0.2, 0.25) is 0 Å². The number of hydrogen-bond acceptors (Lipinski definition) is 5. The molecule has 2 aromatic carbocycles. The van der Waals surface area contributed by atoms with Crippen molar-refractivity contribution < 1.29 is 23.5 Å². The molecule has 2 heterocycles. The van der Waals surface area contributed by atoms with Crippen molar-refractivity contribution in [1.29, 1.82) is 0 Å². The summed E-state index contributed by atoms with van der Waals surface area (Å²) in [5, 5.41) is 5.62. The van der Waals surface area contributed by atoms with Gasteiger partial charge in [0.15, 0.2) is 0 Å². The number of likely N-dealkylation sites (tertiary alicyclic amines) is 1. The van der Waals surface area contributed by atoms with Crippen LogP contribution in [0.25, 0.3) is 0 Å². The average Bonchev–Trinajstić information content (AvgIpc) is 3.29. The zero-order chi connectivity index (χ0) is 28.3. The molecule has 10 heteroatoms. The number of nitrogens with one attached hydrogen (secondary N) is 2. The molecule has 4 rings (SSSR count). The van der Waals surface area contributed by atoms with E-state index in [1.54, 1.807) is 37.8 Å². The number of aryl methyl sites for hydroxylation is 1. The maximum absolute atomic E-state index is 14.4. The molecule has 0 bridgehead atoms. The molecule has 3 amide bonds. The van der Waals surface area contributed by atoms with Gasteiger partial charge in [0.2, 0.25) is 0 Å². The number of halogens is 2. The summed E-state index contributed by atoms with van der Waals surface area (Å²) < 4.78 is 21.0. The Bertz CT molecular complexity index is 1220. The Labute approximate surface area is 237 Å². The number of nitrogens with zero attached hydrogens (tertiary/aromatic N) is 2. The zero-order valence-corrected chi connectivity index (χ0v) is 24.4. The highest BCUT2D eigenvalue weighted by atomic mass is 79.9. The molecule has 0 aromatic heterocycles. The number of ether oxygens (including phenoxy) is 1. The van der Waals surface area contributed by atoms with Crippen molar-refractivity contribution in [1.82, 2.24) is 15.5 Å². The Morgan fingerprint density at radius 2 is 1.67 bits per heavy atom. The van der Waals surface area contributed by atoms with Crippen LogP contribution in [-0.2, 0) is 14.3 Å². The Balaban J connectivity index is 1.38. The Kier molecular flexibility index (Phi) is 8.83. The Morgan fingerprint density at radius 3 is 2.33 bits per heavy atom. The van der Waals surface area contributed by atoms with Gasteiger partial charge in [-0.2, -0.15) is 0 Å². The first-order valence-electron chi connectivity index (χ1n) is 13.3. The summed E-state index contributed by atoms with van der Waals surface area (Å²) in [5.41, 5.74) is 1.70. The van der Waals surface area contributed by atoms with Gasteiger partial charge in [-0.05, 0) is 82.3 Å². The van der Waals surface area contributed by atoms with Gasteiger partial charge in [-0.3, -0.25) is 14.5 Å². The van der Waals surface area contributed by atoms with Crippen molar-refractivity contribution >= 4 is 39.5 Å². The van der Waals surface area contributed by atoms with Gasteiger partial charge >= 0.3 is 17.9 Å². The molecule has 2 fully saturated rings. The lowest BCUT2D eigenvalue weighted by Crippen LogP contribution is -2.53. The first-order chi connectivity index (χ1) is 18.4. The lowest BCUT2D eigenvalue weighted by Gasteiger charge is -2.35. The van der Waals surface area contributed by atoms with Gasteiger partial charge in [-0.15, -0.1) is 0 Å². The normalized spacial score (nSPS) is 21.4. The van der Waals surface area contributed by atoms with Gasteiger partial charge in [0.25, 0.3) is 0 Å². The van der Waals surface area contributed by atoms with Crippen LogP contribution >= 0.6 is 15.9 Å². The van der Waals surface area contributed by atoms with Crippen molar-refractivity contribution in [3.63, 3.8) is 0 Å². The van der Waals surface area contributed by atoms with Crippen LogP contribution in [-0.4, -0.2) is 60.1 Å². The number of carbonyl (C=O) groups excluding carboxylic acids is 3. The Morgan fingerprint density at radius 1 is 1.00 bits per heavy atom. The van der Waals surface area contributed by atoms with E-state index >= 15 is 0 Å². The lowest BCUT2D eigenvalue weighted by molar-refractivity contribution is -0.140. The molecule has 3 atom stereocenters. The van der Waals surface area contributed by atoms with Crippen LogP contribution in [0.1, 0.15) is 57.2 Å². The minimum Gasteiger partial charge on any atom is -0.444 e. The summed E-state index contributed by atoms with van der Waals surface area (Å²) in [6, 6.07) is 11.6. The van der Waals surface area contributed by atoms with Crippen molar-refractivity contribution in [3.8, 4) is 0 Å². The van der Waals surface area contributed by atoms with Crippen molar-refractivity contribution in [2.45, 2.75) is 70.7 Å². The summed E-state index contributed by atoms with van der Waals surface area (Å²) in [6.07, 6.45) is 1.44. The van der Waals surface area contributed by atoms with Gasteiger partial charge in [-0.1, -0.05) is 34.1 Å². The van der Waals surface area contributed by atoms with Gasteiger partial charge in [0, 0.05) is 36.2 Å². The van der Waals surface area contributed by atoms with Crippen LogP contribution in [0.3, 0.4) is 0 Å². The Hall–Kier alpha value is -3.14. The van der Waals surface area contributed by atoms with E-state index in [0.29, 0.717) is 31.6 Å². The van der Waals surface area contributed by atoms with E-state index in [0.717, 1.165) is 22.0 Å². The number of rotatable bonds is 4. The van der Waals surface area contributed by atoms with E-state index < -0.39 is 29.6 Å². The molecular formula is C29H36BrFN4O4. The average molecular weight is 604 g/mol. The fourth-order valence-corrected chi connectivity index (χ4v) is 5.41. The molecule has 2 saturated heterocycles. The van der Waals surface area contributed by atoms with Gasteiger partial charge in [-0.25, -0.2) is 9.18 Å². The van der Waals surface area contributed by atoms with E-state index in [1.165, 1.54) is 6.07 Å². The molecule has 0 saturated carbocycles. The van der Waals surface area contributed by atoms with Crippen molar-refractivity contribution in [2.24, 2.45) is 0 Å². The van der Waals surface area contributed by atoms with E-state index in [-0.39, 0.29) is 24.4 Å². The zero-order valence-electron chi connectivity index (χ0n) is 22.8. The van der Waals surface area contributed by atoms with E-state index in [4.69, 9.17) is 4.74 Å². The van der Waals surface area contributed by atoms with Crippen LogP contribution in [0.5, 0.6) is 0 Å². The highest BCUT2D eigenvalue weighted by molar-refractivity contribution is 9.10. The first kappa shape index (κ1) is 28.9. The summed E-state index contributed by atoms with van der Waals surface area (Å²) in [5.74, 6) is -1.79. The van der Waals surface area contributed by atoms with Crippen LogP contribution in [0.15, 0.2) is 46.9 Å². The fourth-order valence-electron chi connectivity index (χ4n) is 5.14. The summed E-state index contributed by atoms with van der Waals surface area (Å²) >= 11 is 3.43. The van der Waals surface area contributed by atoms with Crippen molar-refractivity contribution in [3.05, 3.63) is 63.9 Å². The summed E-state index contributed by atoms with van der Waals surface area (Å²) in [6.45, 7) is 8.64. The highest BCUT2D eigenvalue weighted by Gasteiger charge is 2.39. The van der Waals surface area contributed by atoms with Crippen molar-refractivity contribution in [2.75, 3.05) is 24.5 Å². The second kappa shape index (κ2) is 11.9. The minimum absolute atomic E-state index is 0.221. The lowest BCUT2D eigenvalue weighted by atomic mass is 10.0. The summed E-state index contributed by atoms with van der Waals surface area (Å²) in [7, 11) is 0. The third-order valence-corrected chi connectivity index (χ3v) is 7.45. The van der Waals surface area contributed by atoms with E-state index in [9.17, 15) is 18.8 Å². The second-order valence-electron chi connectivity index (χ2n) is 11.3. The predicted molar refractivity (Wildman–Crippen MR) is 151 cm³/mol. The molecular weight excluding hydrogens is 567 g/mol. The molecule has 2 aliphatic rings.